The standard InChI is InChI=1S/C28H33F5N8O2S/c1-2-39-10-12-41(13-11-39)17-5-8-40(9-6-17)18-3-4-20(22(15-18)43-26(29)30)37-27-35-16-19(28(31,32)33)25(38-27)36-21-7-14-44-23(21)24(34)42/h3-4,7,14-17,26H,2,5-6,8-13H2,1H3,(H2,34,42)(H2,35,36,37,38). The first-order valence-corrected chi connectivity index (χ1v) is 15.1. The first-order valence-electron chi connectivity index (χ1n) is 14.2. The molecule has 10 nitrogen and oxygen atoms in total. The van der Waals surface area contributed by atoms with Crippen LogP contribution in [-0.2, 0) is 6.18 Å². The lowest BCUT2D eigenvalue weighted by Crippen LogP contribution is -2.53. The number of amides is 1. The Kier molecular flexibility index (Phi) is 9.70. The average molecular weight is 641 g/mol. The number of nitrogens with zero attached hydrogens (tertiary/aromatic N) is 5. The van der Waals surface area contributed by atoms with Crippen LogP contribution in [0.25, 0.3) is 0 Å². The summed E-state index contributed by atoms with van der Waals surface area (Å²) in [6, 6.07) is 6.57. The molecule has 3 aromatic rings. The van der Waals surface area contributed by atoms with E-state index in [1.165, 1.54) is 23.6 Å². The molecule has 5 rings (SSSR count). The van der Waals surface area contributed by atoms with Crippen LogP contribution in [0.15, 0.2) is 35.8 Å². The molecule has 0 bridgehead atoms. The molecule has 2 saturated heterocycles. The first-order chi connectivity index (χ1) is 21.0. The molecule has 1 amide bonds. The number of hydrogen-bond acceptors (Lipinski definition) is 10. The van der Waals surface area contributed by atoms with E-state index in [1.54, 1.807) is 6.07 Å². The van der Waals surface area contributed by atoms with E-state index >= 15 is 0 Å². The lowest BCUT2D eigenvalue weighted by atomic mass is 10.0. The second-order valence-corrected chi connectivity index (χ2v) is 11.4. The van der Waals surface area contributed by atoms with Crippen molar-refractivity contribution in [1.82, 2.24) is 19.8 Å². The molecule has 2 aromatic heterocycles. The molecule has 2 fully saturated rings. The predicted molar refractivity (Wildman–Crippen MR) is 158 cm³/mol. The number of aromatic nitrogens is 2. The Hall–Kier alpha value is -3.76. The molecule has 238 valence electrons. The zero-order valence-electron chi connectivity index (χ0n) is 23.9. The largest absolute Gasteiger partial charge is 0.433 e. The summed E-state index contributed by atoms with van der Waals surface area (Å²) in [5.74, 6) is -1.99. The number of ether oxygens (including phenoxy) is 1. The second-order valence-electron chi connectivity index (χ2n) is 10.5. The van der Waals surface area contributed by atoms with Crippen LogP contribution in [0.3, 0.4) is 0 Å². The van der Waals surface area contributed by atoms with Gasteiger partial charge in [0.1, 0.15) is 16.3 Å². The van der Waals surface area contributed by atoms with Gasteiger partial charge in [-0.15, -0.1) is 11.3 Å². The van der Waals surface area contributed by atoms with Crippen molar-refractivity contribution in [3.8, 4) is 5.75 Å². The zero-order valence-corrected chi connectivity index (χ0v) is 24.7. The molecule has 2 aliphatic heterocycles. The average Bonchev–Trinajstić information content (AvgIpc) is 3.46. The topological polar surface area (TPSA) is 112 Å². The van der Waals surface area contributed by atoms with Gasteiger partial charge in [-0.3, -0.25) is 9.69 Å². The SMILES string of the molecule is CCN1CCN(C2CCN(c3ccc(Nc4ncc(C(F)(F)F)c(Nc5ccsc5C(N)=O)n4)c(OC(F)F)c3)CC2)CC1. The van der Waals surface area contributed by atoms with E-state index < -0.39 is 30.1 Å². The highest BCUT2D eigenvalue weighted by molar-refractivity contribution is 7.12. The van der Waals surface area contributed by atoms with E-state index in [0.717, 1.165) is 70.0 Å². The highest BCUT2D eigenvalue weighted by Gasteiger charge is 2.36. The Balaban J connectivity index is 1.33. The number of hydrogen-bond donors (Lipinski definition) is 3. The van der Waals surface area contributed by atoms with Crippen molar-refractivity contribution < 1.29 is 31.5 Å². The smallest absolute Gasteiger partial charge is 0.421 e. The van der Waals surface area contributed by atoms with Gasteiger partial charge in [0, 0.05) is 63.3 Å². The van der Waals surface area contributed by atoms with Gasteiger partial charge in [-0.2, -0.15) is 26.9 Å². The summed E-state index contributed by atoms with van der Waals surface area (Å²) in [5.41, 5.74) is 4.89. The number of rotatable bonds is 10. The minimum absolute atomic E-state index is 0.0116. The number of piperazine rings is 1. The van der Waals surface area contributed by atoms with Crippen LogP contribution in [-0.4, -0.2) is 84.1 Å². The highest BCUT2D eigenvalue weighted by Crippen LogP contribution is 2.38. The van der Waals surface area contributed by atoms with Gasteiger partial charge in [-0.05, 0) is 43.0 Å². The highest BCUT2D eigenvalue weighted by atomic mass is 32.1. The van der Waals surface area contributed by atoms with Crippen molar-refractivity contribution in [2.24, 2.45) is 5.73 Å². The van der Waals surface area contributed by atoms with E-state index in [-0.39, 0.29) is 27.9 Å². The van der Waals surface area contributed by atoms with Gasteiger partial charge in [0.15, 0.2) is 5.75 Å². The fourth-order valence-corrected chi connectivity index (χ4v) is 6.23. The lowest BCUT2D eigenvalue weighted by Gasteiger charge is -2.43. The second kappa shape index (κ2) is 13.5. The third-order valence-electron chi connectivity index (χ3n) is 7.86. The monoisotopic (exact) mass is 640 g/mol. The van der Waals surface area contributed by atoms with Gasteiger partial charge < -0.3 is 30.9 Å². The molecular weight excluding hydrogens is 607 g/mol. The number of piperidine rings is 1. The maximum Gasteiger partial charge on any atom is 0.421 e. The van der Waals surface area contributed by atoms with Crippen LogP contribution in [0.1, 0.15) is 35.0 Å². The van der Waals surface area contributed by atoms with Crippen molar-refractivity contribution in [3.63, 3.8) is 0 Å². The molecule has 16 heteroatoms. The van der Waals surface area contributed by atoms with Crippen LogP contribution in [0.4, 0.5) is 50.8 Å². The summed E-state index contributed by atoms with van der Waals surface area (Å²) in [7, 11) is 0. The Morgan fingerprint density at radius 1 is 1.09 bits per heavy atom. The number of benzene rings is 1. The zero-order chi connectivity index (χ0) is 31.4. The summed E-state index contributed by atoms with van der Waals surface area (Å²) in [6.45, 7) is 5.75. The molecule has 0 radical (unpaired) electrons. The number of nitrogens with two attached hydrogens (primary N) is 1. The maximum atomic E-state index is 13.7. The third kappa shape index (κ3) is 7.47. The van der Waals surface area contributed by atoms with Gasteiger partial charge in [0.25, 0.3) is 5.91 Å². The Morgan fingerprint density at radius 3 is 2.45 bits per heavy atom. The molecular formula is C28H33F5N8O2S. The third-order valence-corrected chi connectivity index (χ3v) is 8.79. The van der Waals surface area contributed by atoms with Gasteiger partial charge in [0.05, 0.1) is 11.4 Å². The Labute approximate surface area is 255 Å². The number of primary amides is 1. The summed E-state index contributed by atoms with van der Waals surface area (Å²) >= 11 is 0.953. The van der Waals surface area contributed by atoms with Crippen LogP contribution >= 0.6 is 11.3 Å². The minimum Gasteiger partial charge on any atom is -0.433 e. The normalized spacial score (nSPS) is 17.2. The number of anilines is 5. The van der Waals surface area contributed by atoms with Crippen LogP contribution in [0, 0.1) is 0 Å². The molecule has 0 spiro atoms. The van der Waals surface area contributed by atoms with Crippen LogP contribution in [0.2, 0.25) is 0 Å². The number of carbonyl (C=O) groups is 1. The van der Waals surface area contributed by atoms with E-state index in [9.17, 15) is 26.7 Å². The molecule has 44 heavy (non-hydrogen) atoms. The molecule has 0 aliphatic carbocycles. The number of halogens is 5. The van der Waals surface area contributed by atoms with Crippen LogP contribution < -0.4 is 26.0 Å². The van der Waals surface area contributed by atoms with E-state index in [2.05, 4.69) is 42.2 Å². The molecule has 1 aromatic carbocycles. The van der Waals surface area contributed by atoms with E-state index in [0.29, 0.717) is 17.9 Å². The van der Waals surface area contributed by atoms with Crippen LogP contribution in [0.5, 0.6) is 5.75 Å². The maximum absolute atomic E-state index is 13.7. The molecule has 0 atom stereocenters. The number of alkyl halides is 5. The predicted octanol–water partition coefficient (Wildman–Crippen LogP) is 5.35. The molecule has 0 saturated carbocycles. The summed E-state index contributed by atoms with van der Waals surface area (Å²) in [6.07, 6.45) is -2.39. The fourth-order valence-electron chi connectivity index (χ4n) is 5.53. The van der Waals surface area contributed by atoms with Gasteiger partial charge >= 0.3 is 12.8 Å². The van der Waals surface area contributed by atoms with Gasteiger partial charge in [-0.25, -0.2) is 4.98 Å². The molecule has 4 N–H and O–H groups in total. The first kappa shape index (κ1) is 31.7. The minimum atomic E-state index is -4.83. The summed E-state index contributed by atoms with van der Waals surface area (Å²) < 4.78 is 72.8. The van der Waals surface area contributed by atoms with Crippen molar-refractivity contribution in [2.45, 2.75) is 38.6 Å². The molecule has 2 aliphatic rings. The molecule has 4 heterocycles. The number of carbonyl (C=O) groups excluding carboxylic acids is 1. The Morgan fingerprint density at radius 2 is 1.82 bits per heavy atom. The molecule has 0 unspecified atom stereocenters. The van der Waals surface area contributed by atoms with E-state index in [4.69, 9.17) is 10.5 Å². The van der Waals surface area contributed by atoms with Crippen molar-refractivity contribution in [3.05, 3.63) is 46.3 Å². The van der Waals surface area contributed by atoms with Gasteiger partial charge in [-0.1, -0.05) is 6.92 Å². The van der Waals surface area contributed by atoms with Crippen molar-refractivity contribution >= 4 is 46.1 Å². The summed E-state index contributed by atoms with van der Waals surface area (Å²) in [5, 5.41) is 6.69. The number of thiophene rings is 1. The quantitative estimate of drug-likeness (QED) is 0.253. The Bertz CT molecular complexity index is 1440. The lowest BCUT2D eigenvalue weighted by molar-refractivity contribution is -0.137. The van der Waals surface area contributed by atoms with Gasteiger partial charge in [0.2, 0.25) is 5.95 Å². The number of likely N-dealkylation sites (N-methyl/N-ethyl adjacent to an activating group) is 1. The summed E-state index contributed by atoms with van der Waals surface area (Å²) in [4.78, 5) is 26.5. The number of nitrogens with one attached hydrogen (secondary N) is 2. The van der Waals surface area contributed by atoms with Crippen molar-refractivity contribution in [2.75, 3.05) is 61.3 Å². The van der Waals surface area contributed by atoms with E-state index in [1.807, 2.05) is 0 Å². The fraction of sp³-hybridized carbons (Fsp3) is 0.464. The van der Waals surface area contributed by atoms with Crippen molar-refractivity contribution in [1.29, 1.82) is 0 Å².